The van der Waals surface area contributed by atoms with Gasteiger partial charge < -0.3 is 4.90 Å². The van der Waals surface area contributed by atoms with E-state index in [2.05, 4.69) is 29.2 Å². The maximum Gasteiger partial charge on any atom is 0.254 e. The number of carbonyl (C=O) groups excluding carboxylic acids is 1. The average molecular weight is 403 g/mol. The van der Waals surface area contributed by atoms with Crippen molar-refractivity contribution in [1.82, 2.24) is 14.9 Å². The van der Waals surface area contributed by atoms with Crippen LogP contribution in [0.25, 0.3) is 32.9 Å². The SMILES string of the molecule is CN(Cc1ccncc1)C(=O)c1cc(-c2cccc3ccccc23)nc2ccccc12. The fraction of sp³-hybridized carbons (Fsp3) is 0.0741. The van der Waals surface area contributed by atoms with Gasteiger partial charge in [0.2, 0.25) is 0 Å². The summed E-state index contributed by atoms with van der Waals surface area (Å²) in [6.07, 6.45) is 3.49. The Bertz CT molecular complexity index is 1390. The number of benzene rings is 3. The largest absolute Gasteiger partial charge is 0.337 e. The number of rotatable bonds is 4. The monoisotopic (exact) mass is 403 g/mol. The Hall–Kier alpha value is -4.05. The third kappa shape index (κ3) is 3.64. The fourth-order valence-electron chi connectivity index (χ4n) is 3.98. The first kappa shape index (κ1) is 18.9. The van der Waals surface area contributed by atoms with Crippen molar-refractivity contribution in [3.05, 3.63) is 108 Å². The molecule has 0 saturated heterocycles. The van der Waals surface area contributed by atoms with Crippen LogP contribution in [0.15, 0.2) is 97.3 Å². The number of fused-ring (bicyclic) bond motifs is 2. The second kappa shape index (κ2) is 8.00. The van der Waals surface area contributed by atoms with Crippen molar-refractivity contribution >= 4 is 27.6 Å². The first-order chi connectivity index (χ1) is 15.2. The van der Waals surface area contributed by atoms with E-state index in [9.17, 15) is 4.79 Å². The molecule has 0 fully saturated rings. The van der Waals surface area contributed by atoms with Gasteiger partial charge in [-0.2, -0.15) is 0 Å². The highest BCUT2D eigenvalue weighted by molar-refractivity contribution is 6.08. The summed E-state index contributed by atoms with van der Waals surface area (Å²) in [5.41, 5.74) is 4.34. The van der Waals surface area contributed by atoms with Gasteiger partial charge in [-0.15, -0.1) is 0 Å². The molecule has 150 valence electrons. The van der Waals surface area contributed by atoms with Gasteiger partial charge in [-0.1, -0.05) is 60.7 Å². The van der Waals surface area contributed by atoms with Crippen LogP contribution in [-0.4, -0.2) is 27.8 Å². The summed E-state index contributed by atoms with van der Waals surface area (Å²) in [4.78, 5) is 24.2. The molecular weight excluding hydrogens is 382 g/mol. The molecule has 0 radical (unpaired) electrons. The molecule has 5 aromatic rings. The van der Waals surface area contributed by atoms with Gasteiger partial charge in [0, 0.05) is 36.9 Å². The number of para-hydroxylation sites is 1. The molecule has 5 rings (SSSR count). The molecule has 3 aromatic carbocycles. The van der Waals surface area contributed by atoms with Crippen LogP contribution in [0.1, 0.15) is 15.9 Å². The molecule has 0 N–H and O–H groups in total. The van der Waals surface area contributed by atoms with Gasteiger partial charge in [0.05, 0.1) is 16.8 Å². The highest BCUT2D eigenvalue weighted by atomic mass is 16.2. The molecular formula is C27H21N3O. The Morgan fingerprint density at radius 2 is 1.55 bits per heavy atom. The van der Waals surface area contributed by atoms with E-state index in [1.54, 1.807) is 17.3 Å². The number of carbonyl (C=O) groups is 1. The third-order valence-electron chi connectivity index (χ3n) is 5.53. The van der Waals surface area contributed by atoms with E-state index >= 15 is 0 Å². The van der Waals surface area contributed by atoms with E-state index in [-0.39, 0.29) is 5.91 Å². The Labute approximate surface area is 180 Å². The number of hydrogen-bond donors (Lipinski definition) is 0. The summed E-state index contributed by atoms with van der Waals surface area (Å²) in [5.74, 6) is -0.0306. The maximum absolute atomic E-state index is 13.5. The lowest BCUT2D eigenvalue weighted by atomic mass is 9.98. The highest BCUT2D eigenvalue weighted by Gasteiger charge is 2.18. The van der Waals surface area contributed by atoms with Crippen molar-refractivity contribution in [3.8, 4) is 11.3 Å². The van der Waals surface area contributed by atoms with Gasteiger partial charge in [0.25, 0.3) is 5.91 Å². The van der Waals surface area contributed by atoms with Crippen molar-refractivity contribution in [3.63, 3.8) is 0 Å². The minimum atomic E-state index is -0.0306. The maximum atomic E-state index is 13.5. The van der Waals surface area contributed by atoms with Crippen LogP contribution in [0.5, 0.6) is 0 Å². The van der Waals surface area contributed by atoms with E-state index < -0.39 is 0 Å². The zero-order valence-corrected chi connectivity index (χ0v) is 17.2. The molecule has 0 aliphatic carbocycles. The van der Waals surface area contributed by atoms with E-state index in [0.717, 1.165) is 38.5 Å². The van der Waals surface area contributed by atoms with Crippen LogP contribution >= 0.6 is 0 Å². The molecule has 0 unspecified atom stereocenters. The number of pyridine rings is 2. The molecule has 0 saturated carbocycles. The molecule has 0 aliphatic rings. The van der Waals surface area contributed by atoms with Crippen molar-refractivity contribution in [2.75, 3.05) is 7.05 Å². The van der Waals surface area contributed by atoms with Gasteiger partial charge in [0.15, 0.2) is 0 Å². The molecule has 0 atom stereocenters. The zero-order chi connectivity index (χ0) is 21.2. The number of aromatic nitrogens is 2. The molecule has 4 nitrogen and oxygen atoms in total. The smallest absolute Gasteiger partial charge is 0.254 e. The Balaban J connectivity index is 1.63. The van der Waals surface area contributed by atoms with Crippen molar-refractivity contribution in [2.45, 2.75) is 6.54 Å². The second-order valence-corrected chi connectivity index (χ2v) is 7.62. The van der Waals surface area contributed by atoms with Gasteiger partial charge >= 0.3 is 0 Å². The van der Waals surface area contributed by atoms with Gasteiger partial charge in [-0.05, 0) is 40.6 Å². The Kier molecular flexibility index (Phi) is 4.89. The summed E-state index contributed by atoms with van der Waals surface area (Å²) in [6, 6.07) is 28.0. The van der Waals surface area contributed by atoms with Gasteiger partial charge in [0.1, 0.15) is 0 Å². The first-order valence-electron chi connectivity index (χ1n) is 10.2. The highest BCUT2D eigenvalue weighted by Crippen LogP contribution is 2.31. The molecule has 4 heteroatoms. The van der Waals surface area contributed by atoms with Crippen LogP contribution in [0.3, 0.4) is 0 Å². The second-order valence-electron chi connectivity index (χ2n) is 7.62. The number of hydrogen-bond acceptors (Lipinski definition) is 3. The molecule has 2 aromatic heterocycles. The van der Waals surface area contributed by atoms with E-state index in [1.165, 1.54) is 0 Å². The van der Waals surface area contributed by atoms with Crippen LogP contribution < -0.4 is 0 Å². The quantitative estimate of drug-likeness (QED) is 0.385. The van der Waals surface area contributed by atoms with Crippen molar-refractivity contribution in [2.24, 2.45) is 0 Å². The van der Waals surface area contributed by atoms with E-state index in [0.29, 0.717) is 12.1 Å². The summed E-state index contributed by atoms with van der Waals surface area (Å²) in [6.45, 7) is 0.515. The topological polar surface area (TPSA) is 46.1 Å². The Morgan fingerprint density at radius 3 is 2.39 bits per heavy atom. The Morgan fingerprint density at radius 1 is 0.839 bits per heavy atom. The normalized spacial score (nSPS) is 11.0. The van der Waals surface area contributed by atoms with Gasteiger partial charge in [-0.3, -0.25) is 9.78 Å². The standard InChI is InChI=1S/C27H21N3O/c1-30(18-19-13-15-28-16-14-19)27(31)24-17-26(29-25-12-5-4-10-23(24)25)22-11-6-8-20-7-2-3-9-21(20)22/h2-17H,18H2,1H3. The van der Waals surface area contributed by atoms with Crippen LogP contribution in [-0.2, 0) is 6.54 Å². The lowest BCUT2D eigenvalue weighted by Crippen LogP contribution is -2.26. The van der Waals surface area contributed by atoms with Crippen LogP contribution in [0, 0.1) is 0 Å². The predicted molar refractivity (Wildman–Crippen MR) is 125 cm³/mol. The molecule has 0 aliphatic heterocycles. The minimum Gasteiger partial charge on any atom is -0.337 e. The third-order valence-corrected chi connectivity index (χ3v) is 5.53. The van der Waals surface area contributed by atoms with Gasteiger partial charge in [-0.25, -0.2) is 4.98 Å². The van der Waals surface area contributed by atoms with Crippen molar-refractivity contribution in [1.29, 1.82) is 0 Å². The number of amides is 1. The minimum absolute atomic E-state index is 0.0306. The first-order valence-corrected chi connectivity index (χ1v) is 10.2. The fourth-order valence-corrected chi connectivity index (χ4v) is 3.98. The number of nitrogens with zero attached hydrogens (tertiary/aromatic N) is 3. The summed E-state index contributed by atoms with van der Waals surface area (Å²) in [5, 5.41) is 3.13. The average Bonchev–Trinajstić information content (AvgIpc) is 2.83. The molecule has 0 spiro atoms. The van der Waals surface area contributed by atoms with E-state index in [1.807, 2.05) is 67.7 Å². The molecule has 2 heterocycles. The van der Waals surface area contributed by atoms with Crippen LogP contribution in [0.2, 0.25) is 0 Å². The molecule has 31 heavy (non-hydrogen) atoms. The lowest BCUT2D eigenvalue weighted by Gasteiger charge is -2.19. The molecule has 0 bridgehead atoms. The summed E-state index contributed by atoms with van der Waals surface area (Å²) in [7, 11) is 1.83. The van der Waals surface area contributed by atoms with Crippen LogP contribution in [0.4, 0.5) is 0 Å². The predicted octanol–water partition coefficient (Wildman–Crippen LogP) is 5.72. The van der Waals surface area contributed by atoms with E-state index in [4.69, 9.17) is 4.98 Å². The molecule has 1 amide bonds. The summed E-state index contributed by atoms with van der Waals surface area (Å²) < 4.78 is 0. The summed E-state index contributed by atoms with van der Waals surface area (Å²) >= 11 is 0. The lowest BCUT2D eigenvalue weighted by molar-refractivity contribution is 0.0787. The zero-order valence-electron chi connectivity index (χ0n) is 17.2. The van der Waals surface area contributed by atoms with Crippen molar-refractivity contribution < 1.29 is 4.79 Å².